The van der Waals surface area contributed by atoms with Gasteiger partial charge in [0.1, 0.15) is 5.01 Å². The Bertz CT molecular complexity index is 327. The van der Waals surface area contributed by atoms with Crippen LogP contribution in [-0.4, -0.2) is 11.0 Å². The Kier molecular flexibility index (Phi) is 4.99. The minimum atomic E-state index is 0.415. The van der Waals surface area contributed by atoms with E-state index in [9.17, 15) is 0 Å². The second kappa shape index (κ2) is 6.50. The molecule has 1 atom stereocenters. The SMILES string of the molecule is Cc1csc(C(C)NC2CCCCCCC2)n1. The van der Waals surface area contributed by atoms with Gasteiger partial charge in [0.15, 0.2) is 0 Å². The number of aromatic nitrogens is 1. The molecule has 0 aliphatic heterocycles. The van der Waals surface area contributed by atoms with Crippen LogP contribution in [0.25, 0.3) is 0 Å². The van der Waals surface area contributed by atoms with Crippen molar-refractivity contribution in [2.75, 3.05) is 0 Å². The Labute approximate surface area is 109 Å². The summed E-state index contributed by atoms with van der Waals surface area (Å²) in [5.41, 5.74) is 1.15. The lowest BCUT2D eigenvalue weighted by molar-refractivity contribution is 0.362. The highest BCUT2D eigenvalue weighted by molar-refractivity contribution is 7.09. The number of nitrogens with zero attached hydrogens (tertiary/aromatic N) is 1. The molecule has 1 aliphatic carbocycles. The van der Waals surface area contributed by atoms with Crippen LogP contribution in [0.15, 0.2) is 5.38 Å². The van der Waals surface area contributed by atoms with Crippen LogP contribution in [0, 0.1) is 6.92 Å². The predicted octanol–water partition coefficient (Wildman–Crippen LogP) is 4.22. The summed E-state index contributed by atoms with van der Waals surface area (Å²) in [5.74, 6) is 0. The summed E-state index contributed by atoms with van der Waals surface area (Å²) in [6, 6.07) is 1.12. The lowest BCUT2D eigenvalue weighted by Gasteiger charge is -2.24. The molecule has 17 heavy (non-hydrogen) atoms. The smallest absolute Gasteiger partial charge is 0.110 e. The lowest BCUT2D eigenvalue weighted by Crippen LogP contribution is -2.32. The van der Waals surface area contributed by atoms with Crippen LogP contribution < -0.4 is 5.32 Å². The Balaban J connectivity index is 1.85. The fourth-order valence-corrected chi connectivity index (χ4v) is 3.43. The van der Waals surface area contributed by atoms with Crippen LogP contribution >= 0.6 is 11.3 Å². The van der Waals surface area contributed by atoms with E-state index in [1.807, 2.05) is 0 Å². The van der Waals surface area contributed by atoms with Crippen LogP contribution in [0.3, 0.4) is 0 Å². The van der Waals surface area contributed by atoms with Crippen molar-refractivity contribution >= 4 is 11.3 Å². The third kappa shape index (κ3) is 4.07. The summed E-state index contributed by atoms with van der Waals surface area (Å²) < 4.78 is 0. The van der Waals surface area contributed by atoms with E-state index >= 15 is 0 Å². The van der Waals surface area contributed by atoms with Gasteiger partial charge in [-0.25, -0.2) is 4.98 Å². The van der Waals surface area contributed by atoms with Gasteiger partial charge < -0.3 is 5.32 Å². The molecule has 1 fully saturated rings. The highest BCUT2D eigenvalue weighted by Crippen LogP contribution is 2.22. The van der Waals surface area contributed by atoms with Crippen molar-refractivity contribution in [3.63, 3.8) is 0 Å². The Morgan fingerprint density at radius 3 is 2.47 bits per heavy atom. The first kappa shape index (κ1) is 13.0. The molecule has 96 valence electrons. The van der Waals surface area contributed by atoms with Crippen molar-refractivity contribution in [2.45, 2.75) is 70.9 Å². The average Bonchev–Trinajstić information content (AvgIpc) is 2.68. The molecule has 2 nitrogen and oxygen atoms in total. The third-order valence-electron chi connectivity index (χ3n) is 3.60. The monoisotopic (exact) mass is 252 g/mol. The van der Waals surface area contributed by atoms with Crippen molar-refractivity contribution < 1.29 is 0 Å². The molecule has 1 unspecified atom stereocenters. The zero-order chi connectivity index (χ0) is 12.1. The Morgan fingerprint density at radius 2 is 1.88 bits per heavy atom. The van der Waals surface area contributed by atoms with E-state index in [2.05, 4.69) is 29.5 Å². The van der Waals surface area contributed by atoms with E-state index in [0.717, 1.165) is 5.69 Å². The summed E-state index contributed by atoms with van der Waals surface area (Å²) in [6.45, 7) is 4.32. The molecule has 1 aromatic rings. The molecule has 1 saturated carbocycles. The zero-order valence-corrected chi connectivity index (χ0v) is 11.9. The van der Waals surface area contributed by atoms with E-state index in [0.29, 0.717) is 12.1 Å². The number of nitrogens with one attached hydrogen (secondary N) is 1. The van der Waals surface area contributed by atoms with E-state index in [1.54, 1.807) is 11.3 Å². The standard InChI is InChI=1S/C14H24N2S/c1-11-10-17-14(15-11)12(2)16-13-8-6-4-3-5-7-9-13/h10,12-13,16H,3-9H2,1-2H3. The molecular formula is C14H24N2S. The maximum Gasteiger partial charge on any atom is 0.110 e. The van der Waals surface area contributed by atoms with Gasteiger partial charge in [0.05, 0.1) is 6.04 Å². The number of hydrogen-bond acceptors (Lipinski definition) is 3. The van der Waals surface area contributed by atoms with Gasteiger partial charge >= 0.3 is 0 Å². The Morgan fingerprint density at radius 1 is 1.24 bits per heavy atom. The molecule has 2 rings (SSSR count). The molecule has 3 heteroatoms. The molecule has 0 aromatic carbocycles. The van der Waals surface area contributed by atoms with Gasteiger partial charge in [0.2, 0.25) is 0 Å². The highest BCUT2D eigenvalue weighted by Gasteiger charge is 2.16. The first-order chi connectivity index (χ1) is 8.25. The molecule has 0 saturated heterocycles. The predicted molar refractivity (Wildman–Crippen MR) is 74.5 cm³/mol. The average molecular weight is 252 g/mol. The molecule has 1 aliphatic rings. The normalized spacial score (nSPS) is 20.8. The molecular weight excluding hydrogens is 228 g/mol. The molecule has 0 bridgehead atoms. The van der Waals surface area contributed by atoms with E-state index < -0.39 is 0 Å². The van der Waals surface area contributed by atoms with Crippen molar-refractivity contribution in [3.05, 3.63) is 16.1 Å². The molecule has 1 heterocycles. The summed E-state index contributed by atoms with van der Waals surface area (Å²) >= 11 is 1.78. The van der Waals surface area contributed by atoms with Crippen LogP contribution in [0.5, 0.6) is 0 Å². The van der Waals surface area contributed by atoms with Crippen LogP contribution in [0.1, 0.15) is 68.6 Å². The number of hydrogen-bond donors (Lipinski definition) is 1. The molecule has 1 aromatic heterocycles. The van der Waals surface area contributed by atoms with Crippen LogP contribution in [0.4, 0.5) is 0 Å². The largest absolute Gasteiger partial charge is 0.305 e. The van der Waals surface area contributed by atoms with Gasteiger partial charge in [-0.05, 0) is 26.7 Å². The molecule has 0 radical (unpaired) electrons. The summed E-state index contributed by atoms with van der Waals surface area (Å²) in [5, 5.41) is 7.15. The van der Waals surface area contributed by atoms with E-state index in [-0.39, 0.29) is 0 Å². The van der Waals surface area contributed by atoms with Gasteiger partial charge in [0.25, 0.3) is 0 Å². The number of thiazole rings is 1. The quantitative estimate of drug-likeness (QED) is 0.871. The summed E-state index contributed by atoms with van der Waals surface area (Å²) in [6.07, 6.45) is 9.74. The van der Waals surface area contributed by atoms with E-state index in [1.165, 1.54) is 50.0 Å². The lowest BCUT2D eigenvalue weighted by atomic mass is 9.96. The minimum Gasteiger partial charge on any atom is -0.305 e. The van der Waals surface area contributed by atoms with Crippen molar-refractivity contribution in [1.29, 1.82) is 0 Å². The minimum absolute atomic E-state index is 0.415. The maximum atomic E-state index is 4.57. The van der Waals surface area contributed by atoms with Gasteiger partial charge in [0, 0.05) is 17.1 Å². The number of aryl methyl sites for hydroxylation is 1. The van der Waals surface area contributed by atoms with Gasteiger partial charge in [-0.15, -0.1) is 11.3 Å². The first-order valence-corrected chi connectivity index (χ1v) is 7.82. The van der Waals surface area contributed by atoms with Crippen LogP contribution in [0.2, 0.25) is 0 Å². The molecule has 0 amide bonds. The van der Waals surface area contributed by atoms with E-state index in [4.69, 9.17) is 0 Å². The van der Waals surface area contributed by atoms with Crippen LogP contribution in [-0.2, 0) is 0 Å². The second-order valence-electron chi connectivity index (χ2n) is 5.26. The van der Waals surface area contributed by atoms with Crippen molar-refractivity contribution in [1.82, 2.24) is 10.3 Å². The third-order valence-corrected chi connectivity index (χ3v) is 4.74. The van der Waals surface area contributed by atoms with Crippen molar-refractivity contribution in [2.24, 2.45) is 0 Å². The summed E-state index contributed by atoms with van der Waals surface area (Å²) in [7, 11) is 0. The summed E-state index contributed by atoms with van der Waals surface area (Å²) in [4.78, 5) is 4.57. The Hall–Kier alpha value is -0.410. The van der Waals surface area contributed by atoms with Gasteiger partial charge in [-0.3, -0.25) is 0 Å². The molecule has 0 spiro atoms. The van der Waals surface area contributed by atoms with Gasteiger partial charge in [-0.1, -0.05) is 32.1 Å². The second-order valence-corrected chi connectivity index (χ2v) is 6.15. The molecule has 1 N–H and O–H groups in total. The fourth-order valence-electron chi connectivity index (χ4n) is 2.62. The van der Waals surface area contributed by atoms with Gasteiger partial charge in [-0.2, -0.15) is 0 Å². The number of rotatable bonds is 3. The highest BCUT2D eigenvalue weighted by atomic mass is 32.1. The first-order valence-electron chi connectivity index (χ1n) is 6.94. The maximum absolute atomic E-state index is 4.57. The van der Waals surface area contributed by atoms with Crippen molar-refractivity contribution in [3.8, 4) is 0 Å². The fraction of sp³-hybridized carbons (Fsp3) is 0.786. The topological polar surface area (TPSA) is 24.9 Å². The zero-order valence-electron chi connectivity index (χ0n) is 11.0.